The predicted octanol–water partition coefficient (Wildman–Crippen LogP) is 4.21. The Morgan fingerprint density at radius 1 is 0.667 bits per heavy atom. The molecule has 0 saturated heterocycles. The summed E-state index contributed by atoms with van der Waals surface area (Å²) in [6.45, 7) is -9.90. The molecule has 0 unspecified atom stereocenters. The Morgan fingerprint density at radius 2 is 0.970 bits per heavy atom. The minimum absolute atomic E-state index is 2.26. The van der Waals surface area contributed by atoms with E-state index in [0.717, 1.165) is 0 Å². The fourth-order valence-corrected chi connectivity index (χ4v) is 2.46. The molecule has 33 heavy (non-hydrogen) atoms. The molecular weight excluding hydrogens is 549 g/mol. The van der Waals surface area contributed by atoms with Crippen LogP contribution in [0.5, 0.6) is 0 Å². The lowest BCUT2D eigenvalue weighted by molar-refractivity contribution is -0.458. The fraction of sp³-hybridized carbons (Fsp3) is 1.00. The molecule has 0 heterocycles. The van der Waals surface area contributed by atoms with Crippen LogP contribution < -0.4 is 0 Å². The number of hydrogen-bond donors (Lipinski definition) is 1. The van der Waals surface area contributed by atoms with Gasteiger partial charge in [-0.1, -0.05) is 0 Å². The first-order valence-corrected chi connectivity index (χ1v) is 8.14. The predicted molar refractivity (Wildman–Crippen MR) is 69.3 cm³/mol. The summed E-state index contributed by atoms with van der Waals surface area (Å²) in [5.41, 5.74) is 0. The van der Waals surface area contributed by atoms with E-state index >= 15 is 0 Å². The molecule has 0 saturated carbocycles. The molecule has 4 nitrogen and oxygen atoms in total. The second-order valence-corrected chi connectivity index (χ2v) is 7.44. The molecule has 200 valence electrons. The van der Waals surface area contributed by atoms with Gasteiger partial charge < -0.3 is 5.11 Å². The highest BCUT2D eigenvalue weighted by atomic mass is 32.2. The van der Waals surface area contributed by atoms with Gasteiger partial charge in [-0.2, -0.15) is 78.9 Å². The molecule has 0 radical (unpaired) electrons. The van der Waals surface area contributed by atoms with Crippen molar-refractivity contribution in [1.29, 1.82) is 0 Å². The van der Waals surface area contributed by atoms with Gasteiger partial charge in [0, 0.05) is 17.6 Å². The van der Waals surface area contributed by atoms with E-state index in [-0.39, 0.29) is 0 Å². The Bertz CT molecular complexity index is 994. The lowest BCUT2D eigenvalue weighted by atomic mass is 9.91. The van der Waals surface area contributed by atoms with Gasteiger partial charge in [0.05, 0.1) is 9.30 Å². The molecule has 0 amide bonds. The zero-order valence-electron chi connectivity index (χ0n) is 19.3. The van der Waals surface area contributed by atoms with Gasteiger partial charge in [0.25, 0.3) is 10.0 Å². The quantitative estimate of drug-likeness (QED) is 0.407. The Hall–Kier alpha value is -1.32. The van der Waals surface area contributed by atoms with E-state index < -0.39 is 81.4 Å². The SMILES string of the molecule is [2H]CN(C([2H])([2H])C([2H])([2H])O)S(=O)(=O)C(F)(F)C(F)(F)C(F)(F)C(F)(F)C(F)(F)C(F)(F)C(F)(F)C(F)(F)F. The van der Waals surface area contributed by atoms with Gasteiger partial charge in [-0.05, 0) is 0 Å². The van der Waals surface area contributed by atoms with Crippen molar-refractivity contribution < 1.29 is 95.0 Å². The third-order valence-electron chi connectivity index (χ3n) is 3.48. The molecule has 22 heteroatoms. The van der Waals surface area contributed by atoms with E-state index in [0.29, 0.717) is 0 Å². The monoisotopic (exact) mass is 562 g/mol. The summed E-state index contributed by atoms with van der Waals surface area (Å²) in [6, 6.07) is 0. The molecule has 0 rings (SSSR count). The number of likely N-dealkylation sites (N-methyl/N-ethyl adjacent to an activating group) is 1. The number of rotatable bonds is 10. The number of sulfonamides is 1. The van der Waals surface area contributed by atoms with Crippen molar-refractivity contribution >= 4 is 10.0 Å². The first kappa shape index (κ1) is 23.4. The van der Waals surface area contributed by atoms with Gasteiger partial charge in [-0.25, -0.2) is 8.42 Å². The van der Waals surface area contributed by atoms with Crippen molar-refractivity contribution in [2.75, 3.05) is 20.1 Å². The third kappa shape index (κ3) is 3.97. The van der Waals surface area contributed by atoms with Crippen molar-refractivity contribution in [3.05, 3.63) is 0 Å². The molecule has 0 aromatic heterocycles. The first-order chi connectivity index (χ1) is 15.9. The van der Waals surface area contributed by atoms with Crippen LogP contribution in [0, 0.1) is 0 Å². The lowest BCUT2D eigenvalue weighted by Crippen LogP contribution is -2.75. The Kier molecular flexibility index (Phi) is 5.77. The van der Waals surface area contributed by atoms with Crippen LogP contribution in [0.4, 0.5) is 74.6 Å². The molecule has 0 aromatic carbocycles. The summed E-state index contributed by atoms with van der Waals surface area (Å²) < 4.78 is 280. The van der Waals surface area contributed by atoms with Crippen molar-refractivity contribution in [1.82, 2.24) is 4.31 Å². The largest absolute Gasteiger partial charge is 0.460 e. The Balaban J connectivity index is 7.28. The fourth-order valence-electron chi connectivity index (χ4n) is 1.57. The van der Waals surface area contributed by atoms with E-state index in [1.807, 2.05) is 0 Å². The lowest BCUT2D eigenvalue weighted by Gasteiger charge is -2.42. The summed E-state index contributed by atoms with van der Waals surface area (Å²) in [4.78, 5) is 0. The summed E-state index contributed by atoms with van der Waals surface area (Å²) in [5, 5.41) is 0.625. The second-order valence-electron chi connectivity index (χ2n) is 5.54. The van der Waals surface area contributed by atoms with Gasteiger partial charge in [0.1, 0.15) is 0 Å². The highest BCUT2D eigenvalue weighted by Crippen LogP contribution is 2.64. The average Bonchev–Trinajstić information content (AvgIpc) is 2.64. The number of hydrogen-bond acceptors (Lipinski definition) is 3. The van der Waals surface area contributed by atoms with Crippen molar-refractivity contribution in [3.63, 3.8) is 0 Å². The molecule has 0 atom stereocenters. The third-order valence-corrected chi connectivity index (χ3v) is 5.06. The normalized spacial score (nSPS) is 19.5. The minimum atomic E-state index is -9.11. The van der Waals surface area contributed by atoms with Crippen LogP contribution in [0.3, 0.4) is 0 Å². The summed E-state index contributed by atoms with van der Waals surface area (Å²) in [7, 11) is -11.1. The first-order valence-electron chi connectivity index (χ1n) is 9.40. The van der Waals surface area contributed by atoms with Gasteiger partial charge in [-0.3, -0.25) is 0 Å². The maximum Gasteiger partial charge on any atom is 0.460 e. The van der Waals surface area contributed by atoms with Gasteiger partial charge >= 0.3 is 47.0 Å². The van der Waals surface area contributed by atoms with E-state index in [2.05, 4.69) is 0 Å². The van der Waals surface area contributed by atoms with Crippen LogP contribution in [0.15, 0.2) is 0 Å². The summed E-state index contributed by atoms with van der Waals surface area (Å²) >= 11 is 0. The maximum atomic E-state index is 14.1. The van der Waals surface area contributed by atoms with Crippen LogP contribution in [0.2, 0.25) is 0 Å². The molecule has 0 aliphatic carbocycles. The molecule has 1 N–H and O–H groups in total. The standard InChI is InChI=1S/C11H8F17NO3S/c1-29(2-3-30)33(31,32)11(27,28)9(22,23)7(18,19)5(14,15)4(12,13)6(16,17)8(20,21)10(24,25)26/h30H,2-3H2,1H3/i1D,2D2,3D2. The van der Waals surface area contributed by atoms with Crippen LogP contribution in [0.25, 0.3) is 0 Å². The second kappa shape index (κ2) is 8.12. The molecule has 0 fully saturated rings. The van der Waals surface area contributed by atoms with E-state index in [1.54, 1.807) is 0 Å². The van der Waals surface area contributed by atoms with Crippen LogP contribution >= 0.6 is 0 Å². The van der Waals surface area contributed by atoms with Gasteiger partial charge in [0.2, 0.25) is 0 Å². The van der Waals surface area contributed by atoms with E-state index in [4.69, 9.17) is 12.0 Å². The highest BCUT2D eigenvalue weighted by Gasteiger charge is 2.96. The Labute approximate surface area is 178 Å². The maximum absolute atomic E-state index is 14.1. The highest BCUT2D eigenvalue weighted by molar-refractivity contribution is 7.90. The van der Waals surface area contributed by atoms with Gasteiger partial charge in [0.15, 0.2) is 0 Å². The summed E-state index contributed by atoms with van der Waals surface area (Å²) in [5.74, 6) is -53.2. The van der Waals surface area contributed by atoms with Gasteiger partial charge in [-0.15, -0.1) is 0 Å². The number of halogens is 17. The number of alkyl halides is 17. The average molecular weight is 562 g/mol. The topological polar surface area (TPSA) is 57.6 Å². The van der Waals surface area contributed by atoms with Crippen LogP contribution in [-0.4, -0.2) is 84.9 Å². The van der Waals surface area contributed by atoms with E-state index in [1.165, 1.54) is 0 Å². The molecule has 0 aliphatic heterocycles. The molecule has 0 aromatic rings. The number of nitrogens with zero attached hydrogens (tertiary/aromatic N) is 1. The van der Waals surface area contributed by atoms with Crippen molar-refractivity contribution in [3.8, 4) is 0 Å². The molecule has 0 bridgehead atoms. The Morgan fingerprint density at radius 3 is 1.24 bits per heavy atom. The molecule has 0 spiro atoms. The minimum Gasteiger partial charge on any atom is -0.395 e. The number of aliphatic hydroxyl groups is 1. The zero-order chi connectivity index (χ0) is 31.8. The molecule has 0 aliphatic rings. The van der Waals surface area contributed by atoms with Crippen LogP contribution in [0.1, 0.15) is 6.85 Å². The smallest absolute Gasteiger partial charge is 0.395 e. The molecular formula is C11H8F17NO3S. The van der Waals surface area contributed by atoms with Crippen molar-refractivity contribution in [2.24, 2.45) is 0 Å². The summed E-state index contributed by atoms with van der Waals surface area (Å²) in [6.07, 6.45) is -8.00. The van der Waals surface area contributed by atoms with Crippen LogP contribution in [-0.2, 0) is 10.0 Å². The van der Waals surface area contributed by atoms with E-state index in [9.17, 15) is 83.1 Å². The van der Waals surface area contributed by atoms with Crippen molar-refractivity contribution in [2.45, 2.75) is 47.0 Å². The zero-order valence-corrected chi connectivity index (χ0v) is 15.1.